The van der Waals surface area contributed by atoms with Crippen molar-refractivity contribution >= 4 is 21.5 Å². The number of benzene rings is 1. The first-order valence-electron chi connectivity index (χ1n) is 5.22. The molecule has 0 aliphatic carbocycles. The van der Waals surface area contributed by atoms with Crippen molar-refractivity contribution in [3.63, 3.8) is 0 Å². The Balaban J connectivity index is 2.24. The molecule has 0 radical (unpaired) electrons. The highest BCUT2D eigenvalue weighted by molar-refractivity contribution is 7.92. The van der Waals surface area contributed by atoms with Crippen LogP contribution in [0.1, 0.15) is 0 Å². The van der Waals surface area contributed by atoms with Gasteiger partial charge in [0.2, 0.25) is 0 Å². The highest BCUT2D eigenvalue weighted by atomic mass is 32.2. The second-order valence-electron chi connectivity index (χ2n) is 3.64. The number of anilines is 2. The van der Waals surface area contributed by atoms with Crippen LogP contribution in [-0.2, 0) is 10.0 Å². The number of hydrazine groups is 1. The molecule has 0 aliphatic heterocycles. The number of nitrogens with two attached hydrogens (primary N) is 1. The Morgan fingerprint density at radius 3 is 2.32 bits per heavy atom. The number of rotatable bonds is 4. The molecule has 2 aromatic rings. The summed E-state index contributed by atoms with van der Waals surface area (Å²) in [6, 6.07) is 7.77. The van der Waals surface area contributed by atoms with Crippen LogP contribution in [0.25, 0.3) is 0 Å². The van der Waals surface area contributed by atoms with Crippen LogP contribution in [0.2, 0.25) is 0 Å². The van der Waals surface area contributed by atoms with Gasteiger partial charge in [-0.2, -0.15) is 0 Å². The molecule has 100 valence electrons. The van der Waals surface area contributed by atoms with Gasteiger partial charge in [0.05, 0.1) is 0 Å². The smallest absolute Gasteiger partial charge is 0.263 e. The number of pyridine rings is 1. The highest BCUT2D eigenvalue weighted by Gasteiger charge is 2.14. The molecular formula is C11H11FN4O2S. The molecule has 1 aromatic heterocycles. The SMILES string of the molecule is NNc1ccc(S(=O)(=O)Nc2ccc(F)cc2)cn1. The normalized spacial score (nSPS) is 11.1. The minimum atomic E-state index is -3.75. The lowest BCUT2D eigenvalue weighted by molar-refractivity contribution is 0.600. The maximum atomic E-state index is 12.7. The minimum absolute atomic E-state index is 0.0178. The Bertz CT molecular complexity index is 656. The number of aromatic nitrogens is 1. The molecule has 1 heterocycles. The Morgan fingerprint density at radius 2 is 1.79 bits per heavy atom. The highest BCUT2D eigenvalue weighted by Crippen LogP contribution is 2.16. The predicted octanol–water partition coefficient (Wildman–Crippen LogP) is 1.31. The van der Waals surface area contributed by atoms with Gasteiger partial charge in [0.25, 0.3) is 10.0 Å². The lowest BCUT2D eigenvalue weighted by atomic mass is 10.3. The minimum Gasteiger partial charge on any atom is -0.308 e. The molecule has 6 nitrogen and oxygen atoms in total. The van der Waals surface area contributed by atoms with Crippen LogP contribution in [0, 0.1) is 5.82 Å². The lowest BCUT2D eigenvalue weighted by Crippen LogP contribution is -2.14. The number of hydrogen-bond acceptors (Lipinski definition) is 5. The van der Waals surface area contributed by atoms with Crippen molar-refractivity contribution in [2.24, 2.45) is 5.84 Å². The summed E-state index contributed by atoms with van der Waals surface area (Å²) in [4.78, 5) is 3.79. The van der Waals surface area contributed by atoms with Gasteiger partial charge in [-0.3, -0.25) is 4.72 Å². The number of nitrogen functional groups attached to an aromatic ring is 1. The third-order valence-corrected chi connectivity index (χ3v) is 3.66. The van der Waals surface area contributed by atoms with Gasteiger partial charge in [-0.15, -0.1) is 0 Å². The van der Waals surface area contributed by atoms with E-state index in [1.165, 1.54) is 30.5 Å². The topological polar surface area (TPSA) is 97.1 Å². The molecular weight excluding hydrogens is 271 g/mol. The van der Waals surface area contributed by atoms with Gasteiger partial charge in [-0.25, -0.2) is 23.6 Å². The second-order valence-corrected chi connectivity index (χ2v) is 5.32. The zero-order chi connectivity index (χ0) is 13.9. The summed E-state index contributed by atoms with van der Waals surface area (Å²) in [6.07, 6.45) is 1.17. The quantitative estimate of drug-likeness (QED) is 0.580. The van der Waals surface area contributed by atoms with Crippen molar-refractivity contribution in [3.8, 4) is 0 Å². The van der Waals surface area contributed by atoms with E-state index in [2.05, 4.69) is 15.1 Å². The largest absolute Gasteiger partial charge is 0.308 e. The second kappa shape index (κ2) is 5.21. The molecule has 0 bridgehead atoms. The van der Waals surface area contributed by atoms with Crippen LogP contribution < -0.4 is 16.0 Å². The molecule has 8 heteroatoms. The molecule has 0 aliphatic rings. The molecule has 19 heavy (non-hydrogen) atoms. The summed E-state index contributed by atoms with van der Waals surface area (Å²) in [6.45, 7) is 0. The van der Waals surface area contributed by atoms with Gasteiger partial charge in [0, 0.05) is 11.9 Å². The van der Waals surface area contributed by atoms with E-state index in [0.29, 0.717) is 5.82 Å². The Hall–Kier alpha value is -2.19. The number of nitrogens with one attached hydrogen (secondary N) is 2. The fraction of sp³-hybridized carbons (Fsp3) is 0. The van der Waals surface area contributed by atoms with E-state index in [4.69, 9.17) is 5.84 Å². The van der Waals surface area contributed by atoms with Gasteiger partial charge in [0.1, 0.15) is 16.5 Å². The average Bonchev–Trinajstić information content (AvgIpc) is 2.41. The van der Waals surface area contributed by atoms with E-state index >= 15 is 0 Å². The van der Waals surface area contributed by atoms with E-state index < -0.39 is 15.8 Å². The van der Waals surface area contributed by atoms with E-state index in [0.717, 1.165) is 12.1 Å². The van der Waals surface area contributed by atoms with Crippen molar-refractivity contribution in [2.45, 2.75) is 4.90 Å². The van der Waals surface area contributed by atoms with Gasteiger partial charge >= 0.3 is 0 Å². The van der Waals surface area contributed by atoms with Gasteiger partial charge < -0.3 is 5.43 Å². The molecule has 4 N–H and O–H groups in total. The third-order valence-electron chi connectivity index (χ3n) is 2.29. The Labute approximate surface area is 109 Å². The van der Waals surface area contributed by atoms with Gasteiger partial charge in [-0.1, -0.05) is 0 Å². The summed E-state index contributed by atoms with van der Waals surface area (Å²) in [5, 5.41) is 0. The fourth-order valence-corrected chi connectivity index (χ4v) is 2.36. The molecule has 1 aromatic carbocycles. The standard InChI is InChI=1S/C11H11FN4O2S/c12-8-1-3-9(4-2-8)16-19(17,18)10-5-6-11(15-13)14-7-10/h1-7,16H,13H2,(H,14,15). The van der Waals surface area contributed by atoms with E-state index in [1.54, 1.807) is 0 Å². The predicted molar refractivity (Wildman–Crippen MR) is 69.3 cm³/mol. The van der Waals surface area contributed by atoms with Crippen LogP contribution in [0.15, 0.2) is 47.5 Å². The molecule has 0 unspecified atom stereocenters. The van der Waals surface area contributed by atoms with Crippen molar-refractivity contribution in [2.75, 3.05) is 10.1 Å². The first kappa shape index (κ1) is 13.2. The van der Waals surface area contributed by atoms with Crippen LogP contribution >= 0.6 is 0 Å². The van der Waals surface area contributed by atoms with Crippen molar-refractivity contribution in [1.29, 1.82) is 0 Å². The first-order valence-corrected chi connectivity index (χ1v) is 6.70. The number of nitrogens with zero attached hydrogens (tertiary/aromatic N) is 1. The number of halogens is 1. The van der Waals surface area contributed by atoms with Gasteiger partial charge in [-0.05, 0) is 36.4 Å². The summed E-state index contributed by atoms with van der Waals surface area (Å²) >= 11 is 0. The van der Waals surface area contributed by atoms with Crippen molar-refractivity contribution in [1.82, 2.24) is 4.98 Å². The Morgan fingerprint density at radius 1 is 1.11 bits per heavy atom. The van der Waals surface area contributed by atoms with E-state index in [-0.39, 0.29) is 10.6 Å². The van der Waals surface area contributed by atoms with E-state index in [9.17, 15) is 12.8 Å². The van der Waals surface area contributed by atoms with Crippen LogP contribution in [-0.4, -0.2) is 13.4 Å². The molecule has 0 saturated heterocycles. The summed E-state index contributed by atoms with van der Waals surface area (Å²) < 4.78 is 39.0. The maximum absolute atomic E-state index is 12.7. The zero-order valence-corrected chi connectivity index (χ0v) is 10.5. The molecule has 0 amide bonds. The molecule has 0 atom stereocenters. The molecule has 0 saturated carbocycles. The summed E-state index contributed by atoms with van der Waals surface area (Å²) in [5.74, 6) is 5.04. The van der Waals surface area contributed by atoms with Gasteiger partial charge in [0.15, 0.2) is 0 Å². The third kappa shape index (κ3) is 3.18. The van der Waals surface area contributed by atoms with Crippen molar-refractivity contribution in [3.05, 3.63) is 48.4 Å². The molecule has 2 rings (SSSR count). The lowest BCUT2D eigenvalue weighted by Gasteiger charge is -2.08. The number of sulfonamides is 1. The van der Waals surface area contributed by atoms with Crippen LogP contribution in [0.5, 0.6) is 0 Å². The summed E-state index contributed by atoms with van der Waals surface area (Å²) in [5.41, 5.74) is 2.56. The summed E-state index contributed by atoms with van der Waals surface area (Å²) in [7, 11) is -3.75. The Kier molecular flexibility index (Phi) is 3.63. The van der Waals surface area contributed by atoms with Crippen LogP contribution in [0.4, 0.5) is 15.9 Å². The monoisotopic (exact) mass is 282 g/mol. The zero-order valence-electron chi connectivity index (χ0n) is 9.67. The molecule has 0 fully saturated rings. The van der Waals surface area contributed by atoms with E-state index in [1.807, 2.05) is 0 Å². The average molecular weight is 282 g/mol. The molecule has 0 spiro atoms. The fourth-order valence-electron chi connectivity index (χ4n) is 1.36. The first-order chi connectivity index (χ1) is 9.01. The van der Waals surface area contributed by atoms with Crippen molar-refractivity contribution < 1.29 is 12.8 Å². The maximum Gasteiger partial charge on any atom is 0.263 e. The van der Waals surface area contributed by atoms with Crippen LogP contribution in [0.3, 0.4) is 0 Å². The number of hydrogen-bond donors (Lipinski definition) is 3.